The standard InChI is InChI=1S/C11H19NO/c1-4-5-6-7-12-10(2)8-13-9-11(12)3/h1,10-11H,5-9H2,2-3H3. The van der Waals surface area contributed by atoms with Crippen LogP contribution in [-0.2, 0) is 4.74 Å². The van der Waals surface area contributed by atoms with Gasteiger partial charge in [-0.25, -0.2) is 0 Å². The van der Waals surface area contributed by atoms with Gasteiger partial charge >= 0.3 is 0 Å². The number of terminal acetylenes is 1. The number of unbranched alkanes of at least 4 members (excludes halogenated alkanes) is 1. The molecule has 2 atom stereocenters. The van der Waals surface area contributed by atoms with Crippen LogP contribution in [0.1, 0.15) is 26.7 Å². The third-order valence-electron chi connectivity index (χ3n) is 2.59. The summed E-state index contributed by atoms with van der Waals surface area (Å²) in [7, 11) is 0. The predicted octanol–water partition coefficient (Wildman–Crippen LogP) is 1.51. The van der Waals surface area contributed by atoms with Gasteiger partial charge in [0.05, 0.1) is 13.2 Å². The highest BCUT2D eigenvalue weighted by atomic mass is 16.5. The van der Waals surface area contributed by atoms with E-state index in [9.17, 15) is 0 Å². The van der Waals surface area contributed by atoms with Crippen LogP contribution in [0.15, 0.2) is 0 Å². The van der Waals surface area contributed by atoms with Crippen molar-refractivity contribution >= 4 is 0 Å². The van der Waals surface area contributed by atoms with Gasteiger partial charge in [0.15, 0.2) is 0 Å². The van der Waals surface area contributed by atoms with E-state index < -0.39 is 0 Å². The second kappa shape index (κ2) is 5.26. The van der Waals surface area contributed by atoms with Crippen LogP contribution < -0.4 is 0 Å². The van der Waals surface area contributed by atoms with Gasteiger partial charge in [-0.2, -0.15) is 0 Å². The number of hydrogen-bond donors (Lipinski definition) is 0. The molecule has 2 nitrogen and oxygen atoms in total. The summed E-state index contributed by atoms with van der Waals surface area (Å²) < 4.78 is 5.45. The fourth-order valence-corrected chi connectivity index (χ4v) is 1.84. The molecule has 1 saturated heterocycles. The quantitative estimate of drug-likeness (QED) is 0.483. The zero-order valence-corrected chi connectivity index (χ0v) is 8.62. The lowest BCUT2D eigenvalue weighted by molar-refractivity contribution is -0.0366. The molecule has 1 aliphatic heterocycles. The zero-order valence-electron chi connectivity index (χ0n) is 8.62. The first-order chi connectivity index (χ1) is 6.25. The summed E-state index contributed by atoms with van der Waals surface area (Å²) in [6.45, 7) is 7.26. The molecular weight excluding hydrogens is 162 g/mol. The Kier molecular flexibility index (Phi) is 4.27. The highest BCUT2D eigenvalue weighted by Crippen LogP contribution is 2.13. The molecule has 0 N–H and O–H groups in total. The number of nitrogens with zero attached hydrogens (tertiary/aromatic N) is 1. The van der Waals surface area contributed by atoms with Gasteiger partial charge in [-0.3, -0.25) is 4.90 Å². The molecule has 0 aromatic rings. The lowest BCUT2D eigenvalue weighted by atomic mass is 10.1. The molecule has 0 aromatic heterocycles. The summed E-state index contributed by atoms with van der Waals surface area (Å²) in [6, 6.07) is 1.09. The summed E-state index contributed by atoms with van der Waals surface area (Å²) in [5, 5.41) is 0. The summed E-state index contributed by atoms with van der Waals surface area (Å²) in [5.74, 6) is 2.68. The molecule has 0 bridgehead atoms. The minimum absolute atomic E-state index is 0.543. The van der Waals surface area contributed by atoms with Gasteiger partial charge in [-0.05, 0) is 26.8 Å². The molecule has 1 heterocycles. The molecule has 0 saturated carbocycles. The van der Waals surface area contributed by atoms with E-state index in [0.717, 1.165) is 32.6 Å². The SMILES string of the molecule is C#CCCCN1C(C)COCC1C. The smallest absolute Gasteiger partial charge is 0.0620 e. The maximum Gasteiger partial charge on any atom is 0.0620 e. The Labute approximate surface area is 81.3 Å². The summed E-state index contributed by atoms with van der Waals surface area (Å²) in [6.07, 6.45) is 7.21. The molecular formula is C11H19NO. The van der Waals surface area contributed by atoms with E-state index in [1.807, 2.05) is 0 Å². The minimum atomic E-state index is 0.543. The lowest BCUT2D eigenvalue weighted by Gasteiger charge is -2.38. The first kappa shape index (κ1) is 10.6. The van der Waals surface area contributed by atoms with Gasteiger partial charge in [0.2, 0.25) is 0 Å². The van der Waals surface area contributed by atoms with E-state index in [1.54, 1.807) is 0 Å². The zero-order chi connectivity index (χ0) is 9.68. The summed E-state index contributed by atoms with van der Waals surface area (Å²) in [4.78, 5) is 2.49. The van der Waals surface area contributed by atoms with E-state index >= 15 is 0 Å². The second-order valence-electron chi connectivity index (χ2n) is 3.78. The van der Waals surface area contributed by atoms with Crippen LogP contribution in [0, 0.1) is 12.3 Å². The van der Waals surface area contributed by atoms with Crippen LogP contribution in [0.2, 0.25) is 0 Å². The van der Waals surface area contributed by atoms with Gasteiger partial charge in [0, 0.05) is 18.5 Å². The number of hydrogen-bond acceptors (Lipinski definition) is 2. The van der Waals surface area contributed by atoms with E-state index in [2.05, 4.69) is 24.7 Å². The average Bonchev–Trinajstić information content (AvgIpc) is 2.10. The second-order valence-corrected chi connectivity index (χ2v) is 3.78. The van der Waals surface area contributed by atoms with Gasteiger partial charge in [0.1, 0.15) is 0 Å². The highest BCUT2D eigenvalue weighted by molar-refractivity contribution is 4.85. The van der Waals surface area contributed by atoms with Crippen LogP contribution in [-0.4, -0.2) is 36.7 Å². The van der Waals surface area contributed by atoms with Crippen molar-refractivity contribution in [2.24, 2.45) is 0 Å². The predicted molar refractivity (Wildman–Crippen MR) is 54.5 cm³/mol. The Bertz CT molecular complexity index is 175. The van der Waals surface area contributed by atoms with Crippen molar-refractivity contribution in [3.63, 3.8) is 0 Å². The third-order valence-corrected chi connectivity index (χ3v) is 2.59. The topological polar surface area (TPSA) is 12.5 Å². The van der Waals surface area contributed by atoms with Gasteiger partial charge in [-0.15, -0.1) is 12.3 Å². The molecule has 1 fully saturated rings. The van der Waals surface area contributed by atoms with Crippen molar-refractivity contribution < 1.29 is 4.74 Å². The molecule has 13 heavy (non-hydrogen) atoms. The monoisotopic (exact) mass is 181 g/mol. The Balaban J connectivity index is 2.31. The van der Waals surface area contributed by atoms with E-state index in [1.165, 1.54) is 0 Å². The third kappa shape index (κ3) is 3.02. The van der Waals surface area contributed by atoms with Crippen LogP contribution in [0.4, 0.5) is 0 Å². The maximum absolute atomic E-state index is 5.45. The minimum Gasteiger partial charge on any atom is -0.378 e. The molecule has 2 unspecified atom stereocenters. The van der Waals surface area contributed by atoms with Crippen molar-refractivity contribution in [2.45, 2.75) is 38.8 Å². The molecule has 1 rings (SSSR count). The molecule has 0 spiro atoms. The summed E-state index contributed by atoms with van der Waals surface area (Å²) >= 11 is 0. The normalized spacial score (nSPS) is 29.9. The van der Waals surface area contributed by atoms with Crippen molar-refractivity contribution in [3.05, 3.63) is 0 Å². The fraction of sp³-hybridized carbons (Fsp3) is 0.818. The van der Waals surface area contributed by atoms with Crippen LogP contribution in [0.3, 0.4) is 0 Å². The van der Waals surface area contributed by atoms with E-state index in [0.29, 0.717) is 12.1 Å². The molecule has 1 aliphatic rings. The number of rotatable bonds is 3. The first-order valence-electron chi connectivity index (χ1n) is 5.02. The molecule has 74 valence electrons. The van der Waals surface area contributed by atoms with Gasteiger partial charge in [-0.1, -0.05) is 0 Å². The van der Waals surface area contributed by atoms with Gasteiger partial charge < -0.3 is 4.74 Å². The van der Waals surface area contributed by atoms with Crippen molar-refractivity contribution in [1.82, 2.24) is 4.90 Å². The van der Waals surface area contributed by atoms with Gasteiger partial charge in [0.25, 0.3) is 0 Å². The van der Waals surface area contributed by atoms with Crippen molar-refractivity contribution in [3.8, 4) is 12.3 Å². The molecule has 0 aliphatic carbocycles. The van der Waals surface area contributed by atoms with E-state index in [4.69, 9.17) is 11.2 Å². The molecule has 0 amide bonds. The highest BCUT2D eigenvalue weighted by Gasteiger charge is 2.24. The van der Waals surface area contributed by atoms with Crippen LogP contribution >= 0.6 is 0 Å². The average molecular weight is 181 g/mol. The Morgan fingerprint density at radius 1 is 1.38 bits per heavy atom. The first-order valence-corrected chi connectivity index (χ1v) is 5.02. The molecule has 0 radical (unpaired) electrons. The van der Waals surface area contributed by atoms with E-state index in [-0.39, 0.29) is 0 Å². The van der Waals surface area contributed by atoms with Crippen molar-refractivity contribution in [1.29, 1.82) is 0 Å². The Morgan fingerprint density at radius 2 is 2.00 bits per heavy atom. The lowest BCUT2D eigenvalue weighted by Crippen LogP contribution is -2.49. The van der Waals surface area contributed by atoms with Crippen molar-refractivity contribution in [2.75, 3.05) is 19.8 Å². The largest absolute Gasteiger partial charge is 0.378 e. The number of morpholine rings is 1. The molecule has 0 aromatic carbocycles. The summed E-state index contributed by atoms with van der Waals surface area (Å²) in [5.41, 5.74) is 0. The number of ether oxygens (including phenoxy) is 1. The Morgan fingerprint density at radius 3 is 2.54 bits per heavy atom. The fourth-order valence-electron chi connectivity index (χ4n) is 1.84. The molecule has 2 heteroatoms. The van der Waals surface area contributed by atoms with Crippen LogP contribution in [0.5, 0.6) is 0 Å². The maximum atomic E-state index is 5.45. The Hall–Kier alpha value is -0.520. The van der Waals surface area contributed by atoms with Crippen LogP contribution in [0.25, 0.3) is 0 Å².